The van der Waals surface area contributed by atoms with Crippen molar-refractivity contribution in [3.63, 3.8) is 0 Å². The van der Waals surface area contributed by atoms with Crippen LogP contribution < -0.4 is 10.1 Å². The van der Waals surface area contributed by atoms with Crippen molar-refractivity contribution in [1.29, 1.82) is 0 Å². The first-order valence-electron chi connectivity index (χ1n) is 7.79. The minimum atomic E-state index is -0.283. The summed E-state index contributed by atoms with van der Waals surface area (Å²) in [6.07, 6.45) is 0.555. The molecule has 0 saturated carbocycles. The van der Waals surface area contributed by atoms with Gasteiger partial charge in [0.15, 0.2) is 0 Å². The fourth-order valence-electron chi connectivity index (χ4n) is 2.77. The molecule has 3 nitrogen and oxygen atoms in total. The maximum absolute atomic E-state index is 12.9. The third kappa shape index (κ3) is 5.75. The Morgan fingerprint density at radius 2 is 1.77 bits per heavy atom. The number of nitrogens with zero attached hydrogens (tertiary/aromatic N) is 1. The van der Waals surface area contributed by atoms with Gasteiger partial charge >= 0.3 is 0 Å². The zero-order valence-corrected chi connectivity index (χ0v) is 14.6. The van der Waals surface area contributed by atoms with Crippen LogP contribution in [0.4, 0.5) is 4.39 Å². The van der Waals surface area contributed by atoms with E-state index in [2.05, 4.69) is 22.3 Å². The molecule has 1 heterocycles. The first-order valence-corrected chi connectivity index (χ1v) is 7.79. The first kappa shape index (κ1) is 19.2. The van der Waals surface area contributed by atoms with Gasteiger partial charge in [-0.2, -0.15) is 0 Å². The van der Waals surface area contributed by atoms with Crippen molar-refractivity contribution in [2.75, 3.05) is 32.9 Å². The number of rotatable bonds is 5. The van der Waals surface area contributed by atoms with Crippen LogP contribution in [-0.4, -0.2) is 43.4 Å². The maximum atomic E-state index is 12.9. The highest BCUT2D eigenvalue weighted by molar-refractivity contribution is 5.85. The number of benzene rings is 1. The molecular formula is C17H28ClFN2O. The fourth-order valence-corrected chi connectivity index (χ4v) is 2.77. The molecule has 0 aliphatic carbocycles. The SMILES string of the molecule is CC(C)(C)Oc1ccc([C@H](CCF)N2CCNCC2)cc1.Cl. The van der Waals surface area contributed by atoms with E-state index in [1.54, 1.807) is 0 Å². The summed E-state index contributed by atoms with van der Waals surface area (Å²) in [5.41, 5.74) is 0.981. The van der Waals surface area contributed by atoms with Crippen LogP contribution in [0, 0.1) is 0 Å². The molecule has 1 N–H and O–H groups in total. The number of halogens is 2. The van der Waals surface area contributed by atoms with Crippen molar-refractivity contribution in [3.8, 4) is 5.75 Å². The van der Waals surface area contributed by atoms with Crippen LogP contribution >= 0.6 is 12.4 Å². The van der Waals surface area contributed by atoms with Gasteiger partial charge in [-0.3, -0.25) is 9.29 Å². The molecule has 0 bridgehead atoms. The number of hydrogen-bond donors (Lipinski definition) is 1. The van der Waals surface area contributed by atoms with Crippen LogP contribution in [0.15, 0.2) is 24.3 Å². The molecule has 0 amide bonds. The van der Waals surface area contributed by atoms with Gasteiger partial charge in [0.2, 0.25) is 0 Å². The highest BCUT2D eigenvalue weighted by Gasteiger charge is 2.22. The van der Waals surface area contributed by atoms with Crippen LogP contribution in [0.3, 0.4) is 0 Å². The Hall–Kier alpha value is -0.840. The molecule has 0 aromatic heterocycles. The Labute approximate surface area is 139 Å². The molecule has 1 atom stereocenters. The minimum absolute atomic E-state index is 0. The molecule has 5 heteroatoms. The van der Waals surface area contributed by atoms with Gasteiger partial charge in [-0.25, -0.2) is 0 Å². The topological polar surface area (TPSA) is 24.5 Å². The van der Waals surface area contributed by atoms with Gasteiger partial charge in [0.1, 0.15) is 11.4 Å². The molecule has 1 aliphatic rings. The summed E-state index contributed by atoms with van der Waals surface area (Å²) in [4.78, 5) is 2.37. The molecule has 0 unspecified atom stereocenters. The summed E-state index contributed by atoms with van der Waals surface area (Å²) in [5.74, 6) is 0.866. The van der Waals surface area contributed by atoms with Gasteiger partial charge in [0.25, 0.3) is 0 Å². The Bertz CT molecular complexity index is 427. The number of alkyl halides is 1. The van der Waals surface area contributed by atoms with Crippen LogP contribution in [0.2, 0.25) is 0 Å². The molecule has 2 rings (SSSR count). The standard InChI is InChI=1S/C17H27FN2O.ClH/c1-17(2,3)21-15-6-4-14(5-7-15)16(8-9-18)20-12-10-19-11-13-20;/h4-7,16,19H,8-13H2,1-3H3;1H/t16-;/m0./s1. The summed E-state index contributed by atoms with van der Waals surface area (Å²) in [6.45, 7) is 9.74. The van der Waals surface area contributed by atoms with Gasteiger partial charge in [-0.05, 0) is 44.9 Å². The lowest BCUT2D eigenvalue weighted by Crippen LogP contribution is -2.45. The first-order chi connectivity index (χ1) is 9.99. The van der Waals surface area contributed by atoms with Gasteiger partial charge in [-0.15, -0.1) is 12.4 Å². The summed E-state index contributed by atoms with van der Waals surface area (Å²) in [6, 6.07) is 8.30. The zero-order valence-electron chi connectivity index (χ0n) is 13.8. The predicted octanol–water partition coefficient (Wildman–Crippen LogP) is 3.59. The average molecular weight is 331 g/mol. The molecule has 1 fully saturated rings. The average Bonchev–Trinajstić information content (AvgIpc) is 2.45. The number of ether oxygens (including phenoxy) is 1. The minimum Gasteiger partial charge on any atom is -0.488 e. The quantitative estimate of drug-likeness (QED) is 0.893. The van der Waals surface area contributed by atoms with E-state index in [4.69, 9.17) is 4.74 Å². The molecule has 0 radical (unpaired) electrons. The Morgan fingerprint density at radius 1 is 1.18 bits per heavy atom. The summed E-state index contributed by atoms with van der Waals surface area (Å²) < 4.78 is 18.8. The molecule has 1 saturated heterocycles. The van der Waals surface area contributed by atoms with Crippen LogP contribution in [-0.2, 0) is 0 Å². The Kier molecular flexibility index (Phi) is 7.60. The smallest absolute Gasteiger partial charge is 0.120 e. The van der Waals surface area contributed by atoms with Crippen molar-refractivity contribution in [1.82, 2.24) is 10.2 Å². The predicted molar refractivity (Wildman–Crippen MR) is 91.8 cm³/mol. The van der Waals surface area contributed by atoms with Gasteiger partial charge in [0.05, 0.1) is 6.67 Å². The lowest BCUT2D eigenvalue weighted by molar-refractivity contribution is 0.130. The summed E-state index contributed by atoms with van der Waals surface area (Å²) in [7, 11) is 0. The fraction of sp³-hybridized carbons (Fsp3) is 0.647. The van der Waals surface area contributed by atoms with Crippen molar-refractivity contribution >= 4 is 12.4 Å². The van der Waals surface area contributed by atoms with E-state index in [0.29, 0.717) is 6.42 Å². The highest BCUT2D eigenvalue weighted by atomic mass is 35.5. The lowest BCUT2D eigenvalue weighted by Gasteiger charge is -2.35. The Morgan fingerprint density at radius 3 is 2.27 bits per heavy atom. The van der Waals surface area contributed by atoms with E-state index >= 15 is 0 Å². The van der Waals surface area contributed by atoms with Crippen molar-refractivity contribution in [3.05, 3.63) is 29.8 Å². The highest BCUT2D eigenvalue weighted by Crippen LogP contribution is 2.27. The van der Waals surface area contributed by atoms with Crippen LogP contribution in [0.5, 0.6) is 5.75 Å². The van der Waals surface area contributed by atoms with Crippen molar-refractivity contribution < 1.29 is 9.13 Å². The number of nitrogens with one attached hydrogen (secondary N) is 1. The largest absolute Gasteiger partial charge is 0.488 e. The number of hydrogen-bond acceptors (Lipinski definition) is 3. The van der Waals surface area contributed by atoms with E-state index in [1.807, 2.05) is 32.9 Å². The molecule has 0 spiro atoms. The van der Waals surface area contributed by atoms with Crippen molar-refractivity contribution in [2.45, 2.75) is 38.8 Å². The normalized spacial score (nSPS) is 17.6. The van der Waals surface area contributed by atoms with E-state index in [-0.39, 0.29) is 30.7 Å². The second-order valence-corrected chi connectivity index (χ2v) is 6.56. The van der Waals surface area contributed by atoms with E-state index in [1.165, 1.54) is 5.56 Å². The summed E-state index contributed by atoms with van der Waals surface area (Å²) in [5, 5.41) is 3.34. The van der Waals surface area contributed by atoms with Gasteiger partial charge in [0, 0.05) is 32.2 Å². The summed E-state index contributed by atoms with van der Waals surface area (Å²) >= 11 is 0. The molecule has 126 valence electrons. The third-order valence-corrected chi connectivity index (χ3v) is 3.66. The molecular weight excluding hydrogens is 303 g/mol. The van der Waals surface area contributed by atoms with Crippen LogP contribution in [0.25, 0.3) is 0 Å². The van der Waals surface area contributed by atoms with E-state index < -0.39 is 0 Å². The molecule has 1 aromatic carbocycles. The molecule has 1 aliphatic heterocycles. The van der Waals surface area contributed by atoms with Crippen LogP contribution in [0.1, 0.15) is 38.8 Å². The number of piperazine rings is 1. The monoisotopic (exact) mass is 330 g/mol. The second-order valence-electron chi connectivity index (χ2n) is 6.56. The van der Waals surface area contributed by atoms with E-state index in [9.17, 15) is 4.39 Å². The molecule has 22 heavy (non-hydrogen) atoms. The van der Waals surface area contributed by atoms with Gasteiger partial charge < -0.3 is 10.1 Å². The van der Waals surface area contributed by atoms with Gasteiger partial charge in [-0.1, -0.05) is 12.1 Å². The Balaban J connectivity index is 0.00000242. The van der Waals surface area contributed by atoms with Crippen molar-refractivity contribution in [2.24, 2.45) is 0 Å². The maximum Gasteiger partial charge on any atom is 0.120 e. The lowest BCUT2D eigenvalue weighted by atomic mass is 10.0. The second kappa shape index (κ2) is 8.70. The zero-order chi connectivity index (χ0) is 15.3. The molecule has 1 aromatic rings. The third-order valence-electron chi connectivity index (χ3n) is 3.66. The van der Waals surface area contributed by atoms with E-state index in [0.717, 1.165) is 31.9 Å².